The highest BCUT2D eigenvalue weighted by atomic mass is 35.5. The molecule has 0 aliphatic carbocycles. The zero-order valence-corrected chi connectivity index (χ0v) is 12.1. The summed E-state index contributed by atoms with van der Waals surface area (Å²) in [5.74, 6) is 1.28. The van der Waals surface area contributed by atoms with Crippen molar-refractivity contribution in [1.82, 2.24) is 4.90 Å². The zero-order valence-electron chi connectivity index (χ0n) is 11.4. The Bertz CT molecular complexity index is 512. The van der Waals surface area contributed by atoms with E-state index in [0.29, 0.717) is 41.8 Å². The van der Waals surface area contributed by atoms with Gasteiger partial charge in [-0.05, 0) is 32.0 Å². The van der Waals surface area contributed by atoms with Gasteiger partial charge in [-0.25, -0.2) is 0 Å². The van der Waals surface area contributed by atoms with Crippen LogP contribution in [0.1, 0.15) is 29.6 Å². The molecule has 20 heavy (non-hydrogen) atoms. The number of rotatable bonds is 3. The number of piperidine rings is 1. The van der Waals surface area contributed by atoms with Crippen molar-refractivity contribution in [2.24, 2.45) is 0 Å². The van der Waals surface area contributed by atoms with Crippen LogP contribution in [0.4, 0.5) is 0 Å². The third kappa shape index (κ3) is 2.91. The van der Waals surface area contributed by atoms with Crippen LogP contribution in [0.3, 0.4) is 0 Å². The number of likely N-dealkylation sites (tertiary alicyclic amines) is 1. The number of ketones is 1. The fraction of sp³-hybridized carbons (Fsp3) is 0.533. The van der Waals surface area contributed by atoms with Crippen molar-refractivity contribution in [2.45, 2.75) is 19.3 Å². The van der Waals surface area contributed by atoms with Crippen LogP contribution in [0, 0.1) is 0 Å². The predicted octanol–water partition coefficient (Wildman–Crippen LogP) is 2.78. The molecular weight excluding hydrogens is 278 g/mol. The van der Waals surface area contributed by atoms with Crippen LogP contribution in [0.2, 0.25) is 5.02 Å². The Morgan fingerprint density at radius 3 is 2.45 bits per heavy atom. The number of carbonyl (C=O) groups is 1. The number of fused-ring (bicyclic) bond motifs is 1. The minimum Gasteiger partial charge on any atom is -0.486 e. The highest BCUT2D eigenvalue weighted by Crippen LogP contribution is 2.35. The molecule has 0 aromatic heterocycles. The Balaban J connectivity index is 1.76. The van der Waals surface area contributed by atoms with Gasteiger partial charge in [0.15, 0.2) is 17.3 Å². The van der Waals surface area contributed by atoms with Crippen molar-refractivity contribution < 1.29 is 14.3 Å². The fourth-order valence-electron chi connectivity index (χ4n) is 2.68. The Morgan fingerprint density at radius 1 is 1.10 bits per heavy atom. The van der Waals surface area contributed by atoms with E-state index in [9.17, 15) is 4.79 Å². The van der Waals surface area contributed by atoms with Crippen LogP contribution >= 0.6 is 11.6 Å². The van der Waals surface area contributed by atoms with Gasteiger partial charge in [-0.2, -0.15) is 0 Å². The Kier molecular flexibility index (Phi) is 4.13. The smallest absolute Gasteiger partial charge is 0.178 e. The largest absolute Gasteiger partial charge is 0.486 e. The van der Waals surface area contributed by atoms with Crippen molar-refractivity contribution >= 4 is 17.4 Å². The lowest BCUT2D eigenvalue weighted by molar-refractivity contribution is 0.0914. The molecule has 3 rings (SSSR count). The molecule has 1 fully saturated rings. The van der Waals surface area contributed by atoms with Gasteiger partial charge in [0, 0.05) is 11.6 Å². The van der Waals surface area contributed by atoms with Gasteiger partial charge in [0.25, 0.3) is 0 Å². The Labute approximate surface area is 123 Å². The molecule has 0 atom stereocenters. The summed E-state index contributed by atoms with van der Waals surface area (Å²) in [6.07, 6.45) is 3.60. The molecule has 0 amide bonds. The van der Waals surface area contributed by atoms with E-state index in [1.165, 1.54) is 19.3 Å². The molecule has 2 aliphatic rings. The second-order valence-electron chi connectivity index (χ2n) is 5.24. The highest BCUT2D eigenvalue weighted by Gasteiger charge is 2.21. The summed E-state index contributed by atoms with van der Waals surface area (Å²) in [7, 11) is 0. The van der Waals surface area contributed by atoms with Gasteiger partial charge < -0.3 is 9.47 Å². The molecule has 4 nitrogen and oxygen atoms in total. The SMILES string of the molecule is O=C(CN1CCCCC1)c1cc2c(cc1Cl)OCCO2. The maximum atomic E-state index is 12.4. The van der Waals surface area contributed by atoms with E-state index >= 15 is 0 Å². The summed E-state index contributed by atoms with van der Waals surface area (Å²) in [5, 5.41) is 0.441. The Morgan fingerprint density at radius 2 is 1.75 bits per heavy atom. The van der Waals surface area contributed by atoms with E-state index in [1.54, 1.807) is 12.1 Å². The second-order valence-corrected chi connectivity index (χ2v) is 5.64. The van der Waals surface area contributed by atoms with Crippen LogP contribution in [-0.4, -0.2) is 43.5 Å². The first-order chi connectivity index (χ1) is 9.74. The standard InChI is InChI=1S/C15H18ClNO3/c16-12-9-15-14(19-6-7-20-15)8-11(12)13(18)10-17-4-2-1-3-5-17/h8-9H,1-7,10H2. The lowest BCUT2D eigenvalue weighted by atomic mass is 10.1. The number of hydrogen-bond donors (Lipinski definition) is 0. The summed E-state index contributed by atoms with van der Waals surface area (Å²) < 4.78 is 11.0. The van der Waals surface area contributed by atoms with Crippen molar-refractivity contribution in [3.8, 4) is 11.5 Å². The first-order valence-corrected chi connectivity index (χ1v) is 7.46. The van der Waals surface area contributed by atoms with E-state index in [-0.39, 0.29) is 5.78 Å². The topological polar surface area (TPSA) is 38.8 Å². The van der Waals surface area contributed by atoms with E-state index in [2.05, 4.69) is 4.90 Å². The number of nitrogens with zero attached hydrogens (tertiary/aromatic N) is 1. The summed E-state index contributed by atoms with van der Waals surface area (Å²) in [4.78, 5) is 14.6. The number of hydrogen-bond acceptors (Lipinski definition) is 4. The normalized spacial score (nSPS) is 18.9. The van der Waals surface area contributed by atoms with E-state index in [4.69, 9.17) is 21.1 Å². The molecule has 5 heteroatoms. The monoisotopic (exact) mass is 295 g/mol. The van der Waals surface area contributed by atoms with Crippen LogP contribution < -0.4 is 9.47 Å². The number of carbonyl (C=O) groups excluding carboxylic acids is 1. The average molecular weight is 296 g/mol. The molecule has 0 unspecified atom stereocenters. The van der Waals surface area contributed by atoms with Crippen LogP contribution in [0.15, 0.2) is 12.1 Å². The Hall–Kier alpha value is -1.26. The van der Waals surface area contributed by atoms with E-state index in [1.807, 2.05) is 0 Å². The molecule has 2 aliphatic heterocycles. The quantitative estimate of drug-likeness (QED) is 0.804. The lowest BCUT2D eigenvalue weighted by Crippen LogP contribution is -2.34. The fourth-order valence-corrected chi connectivity index (χ4v) is 2.94. The zero-order chi connectivity index (χ0) is 13.9. The van der Waals surface area contributed by atoms with E-state index in [0.717, 1.165) is 13.1 Å². The maximum absolute atomic E-state index is 12.4. The first kappa shape index (κ1) is 13.7. The van der Waals surface area contributed by atoms with Gasteiger partial charge in [-0.3, -0.25) is 9.69 Å². The first-order valence-electron chi connectivity index (χ1n) is 7.09. The minimum atomic E-state index is 0.0499. The average Bonchev–Trinajstić information content (AvgIpc) is 2.47. The van der Waals surface area contributed by atoms with Gasteiger partial charge in [0.1, 0.15) is 13.2 Å². The molecular formula is C15H18ClNO3. The summed E-state index contributed by atoms with van der Waals surface area (Å²) >= 11 is 6.20. The third-order valence-electron chi connectivity index (χ3n) is 3.75. The third-order valence-corrected chi connectivity index (χ3v) is 4.06. The van der Waals surface area contributed by atoms with Crippen molar-refractivity contribution in [3.63, 3.8) is 0 Å². The minimum absolute atomic E-state index is 0.0499. The van der Waals surface area contributed by atoms with Crippen molar-refractivity contribution in [2.75, 3.05) is 32.8 Å². The van der Waals surface area contributed by atoms with Crippen molar-refractivity contribution in [3.05, 3.63) is 22.7 Å². The molecule has 0 N–H and O–H groups in total. The molecule has 108 valence electrons. The van der Waals surface area contributed by atoms with Crippen LogP contribution in [0.5, 0.6) is 11.5 Å². The van der Waals surface area contributed by atoms with Crippen LogP contribution in [-0.2, 0) is 0 Å². The molecule has 1 saturated heterocycles. The predicted molar refractivity (Wildman–Crippen MR) is 77.1 cm³/mol. The summed E-state index contributed by atoms with van der Waals surface area (Å²) in [6, 6.07) is 3.39. The summed E-state index contributed by atoms with van der Waals surface area (Å²) in [5.41, 5.74) is 0.529. The van der Waals surface area contributed by atoms with Crippen molar-refractivity contribution in [1.29, 1.82) is 0 Å². The number of benzene rings is 1. The second kappa shape index (κ2) is 6.02. The molecule has 0 bridgehead atoms. The number of halogens is 1. The molecule has 1 aromatic rings. The molecule has 2 heterocycles. The summed E-state index contributed by atoms with van der Waals surface area (Å²) in [6.45, 7) is 3.44. The molecule has 0 radical (unpaired) electrons. The maximum Gasteiger partial charge on any atom is 0.178 e. The molecule has 1 aromatic carbocycles. The van der Waals surface area contributed by atoms with Gasteiger partial charge >= 0.3 is 0 Å². The lowest BCUT2D eigenvalue weighted by Gasteiger charge is -2.26. The van der Waals surface area contributed by atoms with Gasteiger partial charge in [-0.1, -0.05) is 18.0 Å². The number of Topliss-reactive ketones (excluding diaryl/α,β-unsaturated/α-hetero) is 1. The molecule has 0 spiro atoms. The van der Waals surface area contributed by atoms with Crippen LogP contribution in [0.25, 0.3) is 0 Å². The van der Waals surface area contributed by atoms with Gasteiger partial charge in [0.2, 0.25) is 0 Å². The van der Waals surface area contributed by atoms with Gasteiger partial charge in [-0.15, -0.1) is 0 Å². The van der Waals surface area contributed by atoms with E-state index < -0.39 is 0 Å². The number of ether oxygens (including phenoxy) is 2. The van der Waals surface area contributed by atoms with Gasteiger partial charge in [0.05, 0.1) is 11.6 Å². The molecule has 0 saturated carbocycles. The highest BCUT2D eigenvalue weighted by molar-refractivity contribution is 6.34.